The van der Waals surface area contributed by atoms with Gasteiger partial charge in [-0.1, -0.05) is 0 Å². The van der Waals surface area contributed by atoms with E-state index in [1.165, 1.54) is 42.1 Å². The van der Waals surface area contributed by atoms with Gasteiger partial charge >= 0.3 is 0 Å². The van der Waals surface area contributed by atoms with Crippen LogP contribution in [0.2, 0.25) is 0 Å². The molecule has 2 aromatic heterocycles. The number of rotatable bonds is 5. The first-order chi connectivity index (χ1) is 14.1. The van der Waals surface area contributed by atoms with Gasteiger partial charge in [-0.15, -0.1) is 10.2 Å². The lowest BCUT2D eigenvalue weighted by molar-refractivity contribution is -0.0176. The van der Waals surface area contributed by atoms with E-state index in [0.29, 0.717) is 18.3 Å². The van der Waals surface area contributed by atoms with E-state index < -0.39 is 0 Å². The van der Waals surface area contributed by atoms with Gasteiger partial charge in [-0.2, -0.15) is 0 Å². The Morgan fingerprint density at radius 3 is 2.28 bits per heavy atom. The van der Waals surface area contributed by atoms with Crippen LogP contribution < -0.4 is 4.74 Å². The van der Waals surface area contributed by atoms with Crippen molar-refractivity contribution in [3.63, 3.8) is 0 Å². The number of hydrogen-bond acceptors (Lipinski definition) is 5. The van der Waals surface area contributed by atoms with E-state index in [9.17, 15) is 0 Å². The van der Waals surface area contributed by atoms with Crippen LogP contribution in [0.1, 0.15) is 50.2 Å². The van der Waals surface area contributed by atoms with Crippen molar-refractivity contribution in [1.29, 1.82) is 0 Å². The van der Waals surface area contributed by atoms with E-state index in [1.54, 1.807) is 0 Å². The molecule has 4 aliphatic rings. The highest BCUT2D eigenvalue weighted by molar-refractivity contribution is 14.1. The third kappa shape index (κ3) is 3.29. The largest absolute Gasteiger partial charge is 0.486 e. The van der Waals surface area contributed by atoms with Gasteiger partial charge in [0, 0.05) is 8.99 Å². The molecule has 0 unspecified atom stereocenters. The summed E-state index contributed by atoms with van der Waals surface area (Å²) in [5.74, 6) is 6.06. The molecule has 0 aliphatic heterocycles. The summed E-state index contributed by atoms with van der Waals surface area (Å²) in [5.41, 5.74) is 0.114. The Labute approximate surface area is 183 Å². The highest BCUT2D eigenvalue weighted by Crippen LogP contribution is 2.60. The summed E-state index contributed by atoms with van der Waals surface area (Å²) in [6.45, 7) is 0.372. The van der Waals surface area contributed by atoms with Crippen LogP contribution >= 0.6 is 22.6 Å². The Kier molecular flexibility index (Phi) is 4.25. The maximum Gasteiger partial charge on any atom is 0.283 e. The van der Waals surface area contributed by atoms with Crippen molar-refractivity contribution in [1.82, 2.24) is 10.2 Å². The minimum Gasteiger partial charge on any atom is -0.486 e. The molecule has 0 amide bonds. The fourth-order valence-electron chi connectivity index (χ4n) is 6.17. The zero-order valence-electron chi connectivity index (χ0n) is 16.1. The lowest BCUT2D eigenvalue weighted by atomic mass is 9.49. The average Bonchev–Trinajstić information content (AvgIpc) is 3.36. The molecule has 4 bridgehead atoms. The molecule has 0 radical (unpaired) electrons. The highest BCUT2D eigenvalue weighted by Gasteiger charge is 2.54. The quantitative estimate of drug-likeness (QED) is 0.402. The third-order valence-electron chi connectivity index (χ3n) is 6.98. The SMILES string of the molecule is Ic1ccc(OCc2ccc(-c3nnc(C45CC6CC(CC(C6)C4)C5)o3)o2)cc1. The predicted molar refractivity (Wildman–Crippen MR) is 115 cm³/mol. The van der Waals surface area contributed by atoms with Crippen LogP contribution in [0, 0.1) is 21.3 Å². The summed E-state index contributed by atoms with van der Waals surface area (Å²) < 4.78 is 19.1. The van der Waals surface area contributed by atoms with Gasteiger partial charge in [0.2, 0.25) is 5.89 Å². The Balaban J connectivity index is 1.18. The number of aromatic nitrogens is 2. The second-order valence-electron chi connectivity index (χ2n) is 9.12. The van der Waals surface area contributed by atoms with Crippen LogP contribution in [0.4, 0.5) is 0 Å². The Morgan fingerprint density at radius 1 is 0.897 bits per heavy atom. The van der Waals surface area contributed by atoms with Gasteiger partial charge in [0.25, 0.3) is 5.89 Å². The van der Waals surface area contributed by atoms with Gasteiger partial charge in [-0.25, -0.2) is 0 Å². The smallest absolute Gasteiger partial charge is 0.283 e. The second-order valence-corrected chi connectivity index (χ2v) is 10.4. The van der Waals surface area contributed by atoms with E-state index in [2.05, 4.69) is 32.8 Å². The molecule has 2 heterocycles. The topological polar surface area (TPSA) is 61.3 Å². The predicted octanol–water partition coefficient (Wildman–Crippen LogP) is 5.98. The lowest BCUT2D eigenvalue weighted by Gasteiger charge is -2.55. The fourth-order valence-corrected chi connectivity index (χ4v) is 6.52. The molecule has 7 rings (SSSR count). The molecule has 1 aromatic carbocycles. The van der Waals surface area contributed by atoms with Crippen molar-refractivity contribution >= 4 is 22.6 Å². The van der Waals surface area contributed by atoms with Crippen molar-refractivity contribution < 1.29 is 13.6 Å². The van der Waals surface area contributed by atoms with Gasteiger partial charge in [0.15, 0.2) is 5.76 Å². The maximum absolute atomic E-state index is 6.19. The van der Waals surface area contributed by atoms with Gasteiger partial charge in [-0.05, 0) is 115 Å². The summed E-state index contributed by atoms with van der Waals surface area (Å²) in [6.07, 6.45) is 7.86. The zero-order chi connectivity index (χ0) is 19.4. The van der Waals surface area contributed by atoms with Crippen LogP contribution in [0.25, 0.3) is 11.7 Å². The number of nitrogens with zero attached hydrogens (tertiary/aromatic N) is 2. The van der Waals surface area contributed by atoms with Crippen molar-refractivity contribution in [3.8, 4) is 17.4 Å². The van der Waals surface area contributed by atoms with E-state index >= 15 is 0 Å². The van der Waals surface area contributed by atoms with Crippen LogP contribution in [0.5, 0.6) is 5.75 Å². The monoisotopic (exact) mass is 502 g/mol. The van der Waals surface area contributed by atoms with Crippen LogP contribution in [0.3, 0.4) is 0 Å². The van der Waals surface area contributed by atoms with Gasteiger partial charge < -0.3 is 13.6 Å². The van der Waals surface area contributed by atoms with Gasteiger partial charge in [-0.3, -0.25) is 0 Å². The molecule has 0 spiro atoms. The summed E-state index contributed by atoms with van der Waals surface area (Å²) in [4.78, 5) is 0. The number of halogens is 1. The molecule has 4 aliphatic carbocycles. The molecule has 6 heteroatoms. The van der Waals surface area contributed by atoms with Crippen molar-refractivity contribution in [2.24, 2.45) is 17.8 Å². The van der Waals surface area contributed by atoms with Crippen LogP contribution in [0.15, 0.2) is 45.2 Å². The first kappa shape index (κ1) is 18.0. The molecule has 0 atom stereocenters. The molecular formula is C23H23IN2O3. The Hall–Kier alpha value is -1.83. The first-order valence-corrected chi connectivity index (χ1v) is 11.5. The highest BCUT2D eigenvalue weighted by atomic mass is 127. The maximum atomic E-state index is 6.19. The Morgan fingerprint density at radius 2 is 1.59 bits per heavy atom. The number of hydrogen-bond donors (Lipinski definition) is 0. The summed E-state index contributed by atoms with van der Waals surface area (Å²) in [5, 5.41) is 8.82. The molecule has 0 N–H and O–H groups in total. The summed E-state index contributed by atoms with van der Waals surface area (Å²) in [7, 11) is 0. The molecule has 0 saturated heterocycles. The molecule has 3 aromatic rings. The standard InChI is InChI=1S/C23H23IN2O3/c24-17-1-3-18(4-2-17)27-13-19-5-6-20(28-19)21-25-26-22(29-21)23-10-14-7-15(11-23)9-16(8-14)12-23/h1-6,14-16H,7-13H2. The molecule has 5 nitrogen and oxygen atoms in total. The van der Waals surface area contributed by atoms with Gasteiger partial charge in [0.1, 0.15) is 18.1 Å². The fraction of sp³-hybridized carbons (Fsp3) is 0.478. The lowest BCUT2D eigenvalue weighted by Crippen LogP contribution is -2.48. The van der Waals surface area contributed by atoms with Crippen molar-refractivity contribution in [2.45, 2.75) is 50.5 Å². The molecule has 4 saturated carbocycles. The van der Waals surface area contributed by atoms with E-state index in [-0.39, 0.29) is 5.41 Å². The molecular weight excluding hydrogens is 479 g/mol. The van der Waals surface area contributed by atoms with Crippen molar-refractivity contribution in [3.05, 3.63) is 51.6 Å². The van der Waals surface area contributed by atoms with Gasteiger partial charge in [0.05, 0.1) is 0 Å². The summed E-state index contributed by atoms with van der Waals surface area (Å²) >= 11 is 2.28. The molecule has 29 heavy (non-hydrogen) atoms. The minimum absolute atomic E-state index is 0.114. The Bertz CT molecular complexity index is 988. The van der Waals surface area contributed by atoms with E-state index in [4.69, 9.17) is 13.6 Å². The van der Waals surface area contributed by atoms with E-state index in [1.807, 2.05) is 36.4 Å². The minimum atomic E-state index is 0.114. The zero-order valence-corrected chi connectivity index (χ0v) is 18.3. The van der Waals surface area contributed by atoms with Crippen LogP contribution in [-0.2, 0) is 12.0 Å². The second kappa shape index (κ2) is 6.86. The third-order valence-corrected chi connectivity index (χ3v) is 7.70. The number of ether oxygens (including phenoxy) is 1. The molecule has 4 fully saturated rings. The summed E-state index contributed by atoms with van der Waals surface area (Å²) in [6, 6.07) is 11.8. The molecule has 150 valence electrons. The number of benzene rings is 1. The van der Waals surface area contributed by atoms with Crippen molar-refractivity contribution in [2.75, 3.05) is 0 Å². The first-order valence-electron chi connectivity index (χ1n) is 10.5. The number of furan rings is 1. The van der Waals surface area contributed by atoms with Crippen LogP contribution in [-0.4, -0.2) is 10.2 Å². The average molecular weight is 502 g/mol. The van der Waals surface area contributed by atoms with E-state index in [0.717, 1.165) is 35.2 Å². The normalized spacial score (nSPS) is 30.0.